The lowest BCUT2D eigenvalue weighted by Gasteiger charge is -2.25. The minimum absolute atomic E-state index is 0.710. The van der Waals surface area contributed by atoms with E-state index in [2.05, 4.69) is 278 Å². The van der Waals surface area contributed by atoms with Gasteiger partial charge in [-0.25, -0.2) is 9.97 Å². The molecule has 3 aromatic heterocycles. The van der Waals surface area contributed by atoms with Crippen LogP contribution >= 0.6 is 0 Å². The first-order chi connectivity index (χ1) is 35.1. The van der Waals surface area contributed by atoms with Gasteiger partial charge in [-0.15, -0.1) is 0 Å². The van der Waals surface area contributed by atoms with E-state index in [1.165, 1.54) is 21.5 Å². The number of anilines is 6. The Balaban J connectivity index is 1.04. The number of aromatic nitrogens is 4. The summed E-state index contributed by atoms with van der Waals surface area (Å²) < 4.78 is 4.89. The molecule has 0 aliphatic carbocycles. The van der Waals surface area contributed by atoms with Crippen molar-refractivity contribution in [2.45, 2.75) is 6.92 Å². The molecule has 13 aromatic rings. The van der Waals surface area contributed by atoms with Crippen LogP contribution < -0.4 is 9.80 Å². The zero-order valence-corrected chi connectivity index (χ0v) is 39.0. The molecule has 0 radical (unpaired) electrons. The van der Waals surface area contributed by atoms with Crippen LogP contribution in [-0.2, 0) is 0 Å². The average molecular weight is 911 g/mol. The van der Waals surface area contributed by atoms with Gasteiger partial charge in [-0.05, 0) is 151 Å². The van der Waals surface area contributed by atoms with Gasteiger partial charge < -0.3 is 18.9 Å². The first-order valence-corrected chi connectivity index (χ1v) is 24.1. The van der Waals surface area contributed by atoms with E-state index in [0.29, 0.717) is 5.82 Å². The Morgan fingerprint density at radius 1 is 0.310 bits per heavy atom. The molecular weight excluding hydrogens is 865 g/mol. The fourth-order valence-corrected chi connectivity index (χ4v) is 10.5. The smallest absolute Gasteiger partial charge is 0.159 e. The number of nitrogens with zero attached hydrogens (tertiary/aromatic N) is 6. The number of fused-ring (bicyclic) bond motifs is 6. The highest BCUT2D eigenvalue weighted by molar-refractivity contribution is 6.12. The van der Waals surface area contributed by atoms with Crippen LogP contribution in [-0.4, -0.2) is 19.1 Å². The van der Waals surface area contributed by atoms with Gasteiger partial charge in [-0.1, -0.05) is 121 Å². The highest BCUT2D eigenvalue weighted by atomic mass is 15.1. The molecule has 0 bridgehead atoms. The Hall–Kier alpha value is -9.52. The highest BCUT2D eigenvalue weighted by Crippen LogP contribution is 2.43. The predicted octanol–water partition coefficient (Wildman–Crippen LogP) is 17.3. The van der Waals surface area contributed by atoms with E-state index in [4.69, 9.17) is 0 Å². The molecule has 0 spiro atoms. The molecule has 336 valence electrons. The van der Waals surface area contributed by atoms with Crippen molar-refractivity contribution in [3.63, 3.8) is 0 Å². The van der Waals surface area contributed by atoms with Crippen molar-refractivity contribution in [2.75, 3.05) is 9.80 Å². The molecule has 3 heterocycles. The number of para-hydroxylation sites is 6. The molecule has 13 rings (SSSR count). The average Bonchev–Trinajstić information content (AvgIpc) is 3.95. The summed E-state index contributed by atoms with van der Waals surface area (Å²) in [5.74, 6) is 0.710. The van der Waals surface area contributed by atoms with E-state index in [0.717, 1.165) is 89.8 Å². The predicted molar refractivity (Wildman–Crippen MR) is 296 cm³/mol. The first-order valence-electron chi connectivity index (χ1n) is 24.1. The molecule has 6 nitrogen and oxygen atoms in total. The largest absolute Gasteiger partial charge is 0.310 e. The number of aryl methyl sites for hydroxylation is 1. The normalized spacial score (nSPS) is 11.5. The molecule has 0 saturated carbocycles. The van der Waals surface area contributed by atoms with Gasteiger partial charge in [0, 0.05) is 85.0 Å². The summed E-state index contributed by atoms with van der Waals surface area (Å²) in [5, 5.41) is 4.73. The minimum Gasteiger partial charge on any atom is -0.310 e. The van der Waals surface area contributed by atoms with Gasteiger partial charge in [0.05, 0.1) is 22.1 Å². The van der Waals surface area contributed by atoms with E-state index in [1.807, 2.05) is 6.07 Å². The molecule has 0 atom stereocenters. The second-order valence-electron chi connectivity index (χ2n) is 18.0. The number of hydrogen-bond donors (Lipinski definition) is 0. The van der Waals surface area contributed by atoms with E-state index in [1.54, 1.807) is 12.4 Å². The SMILES string of the molecule is Cc1cc(-c2ncccn2)ccc1-c1cc(-n2c3ccccc3c3cc(N(c4ccccc4)c4ccccc4)ccc32)cc(-n2c3ccccc3c3cc(N(c4ccccc4)c4ccccc4)ccc32)c1. The fourth-order valence-electron chi connectivity index (χ4n) is 10.5. The lowest BCUT2D eigenvalue weighted by molar-refractivity contribution is 1.13. The number of benzene rings is 10. The summed E-state index contributed by atoms with van der Waals surface area (Å²) in [6, 6.07) is 89.4. The molecule has 10 aromatic carbocycles. The van der Waals surface area contributed by atoms with Crippen molar-refractivity contribution < 1.29 is 0 Å². The van der Waals surface area contributed by atoms with Crippen molar-refractivity contribution in [3.05, 3.63) is 267 Å². The Labute approximate surface area is 412 Å². The van der Waals surface area contributed by atoms with Crippen molar-refractivity contribution >= 4 is 77.7 Å². The lowest BCUT2D eigenvalue weighted by atomic mass is 9.97. The molecule has 0 saturated heterocycles. The summed E-state index contributed by atoms with van der Waals surface area (Å²) in [4.78, 5) is 13.8. The zero-order chi connectivity index (χ0) is 47.3. The van der Waals surface area contributed by atoms with Crippen molar-refractivity contribution in [1.29, 1.82) is 0 Å². The Bertz CT molecular complexity index is 3760. The van der Waals surface area contributed by atoms with Crippen LogP contribution in [0.2, 0.25) is 0 Å². The second kappa shape index (κ2) is 17.5. The van der Waals surface area contributed by atoms with Crippen LogP contribution in [0.3, 0.4) is 0 Å². The molecule has 0 N–H and O–H groups in total. The summed E-state index contributed by atoms with van der Waals surface area (Å²) >= 11 is 0. The summed E-state index contributed by atoms with van der Waals surface area (Å²) in [5.41, 5.74) is 17.6. The Morgan fingerprint density at radius 3 is 1.15 bits per heavy atom. The quantitative estimate of drug-likeness (QED) is 0.137. The van der Waals surface area contributed by atoms with Crippen LogP contribution in [0, 0.1) is 6.92 Å². The highest BCUT2D eigenvalue weighted by Gasteiger charge is 2.22. The van der Waals surface area contributed by atoms with Gasteiger partial charge in [-0.3, -0.25) is 0 Å². The number of hydrogen-bond acceptors (Lipinski definition) is 4. The Morgan fingerprint density at radius 2 is 0.718 bits per heavy atom. The van der Waals surface area contributed by atoms with Gasteiger partial charge in [0.15, 0.2) is 5.82 Å². The topological polar surface area (TPSA) is 42.1 Å². The third-order valence-corrected chi connectivity index (χ3v) is 13.7. The molecule has 6 heteroatoms. The van der Waals surface area contributed by atoms with E-state index in [9.17, 15) is 0 Å². The van der Waals surface area contributed by atoms with Gasteiger partial charge in [-0.2, -0.15) is 0 Å². The van der Waals surface area contributed by atoms with E-state index in [-0.39, 0.29) is 0 Å². The summed E-state index contributed by atoms with van der Waals surface area (Å²) in [6.07, 6.45) is 3.60. The van der Waals surface area contributed by atoms with Crippen LogP contribution in [0.1, 0.15) is 5.56 Å². The van der Waals surface area contributed by atoms with Gasteiger partial charge in [0.2, 0.25) is 0 Å². The van der Waals surface area contributed by atoms with Crippen LogP contribution in [0.15, 0.2) is 261 Å². The summed E-state index contributed by atoms with van der Waals surface area (Å²) in [7, 11) is 0. The van der Waals surface area contributed by atoms with Gasteiger partial charge in [0.1, 0.15) is 0 Å². The maximum atomic E-state index is 4.58. The molecule has 0 amide bonds. The van der Waals surface area contributed by atoms with Crippen LogP contribution in [0.5, 0.6) is 0 Å². The molecule has 0 unspecified atom stereocenters. The third-order valence-electron chi connectivity index (χ3n) is 13.7. The van der Waals surface area contributed by atoms with E-state index >= 15 is 0 Å². The number of rotatable bonds is 10. The molecule has 71 heavy (non-hydrogen) atoms. The van der Waals surface area contributed by atoms with Crippen molar-refractivity contribution in [2.24, 2.45) is 0 Å². The molecular formula is C65H46N6. The lowest BCUT2D eigenvalue weighted by Crippen LogP contribution is -2.09. The maximum absolute atomic E-state index is 4.58. The van der Waals surface area contributed by atoms with Gasteiger partial charge in [0.25, 0.3) is 0 Å². The van der Waals surface area contributed by atoms with Crippen molar-refractivity contribution in [3.8, 4) is 33.9 Å². The third kappa shape index (κ3) is 7.37. The zero-order valence-electron chi connectivity index (χ0n) is 39.0. The monoisotopic (exact) mass is 910 g/mol. The van der Waals surface area contributed by atoms with Crippen molar-refractivity contribution in [1.82, 2.24) is 19.1 Å². The fraction of sp³-hybridized carbons (Fsp3) is 0.0154. The molecule has 0 aliphatic rings. The first kappa shape index (κ1) is 41.7. The minimum atomic E-state index is 0.710. The molecule has 0 aliphatic heterocycles. The Kier molecular flexibility index (Phi) is 10.3. The standard InChI is InChI=1S/C65H46N6/c1-45-39-46(65-66-37-18-38-67-65)31-34-56(45)47-40-54(70-61-29-16-14-27-57(61)59-43-52(32-35-63(59)70)68(48-19-6-2-7-20-48)49-21-8-3-9-22-49)42-55(41-47)71-62-30-17-15-28-58(62)60-44-53(33-36-64(60)71)69(50-23-10-4-11-24-50)51-25-12-5-13-26-51/h2-44H,1H3. The summed E-state index contributed by atoms with van der Waals surface area (Å²) in [6.45, 7) is 2.19. The van der Waals surface area contributed by atoms with E-state index < -0.39 is 0 Å². The van der Waals surface area contributed by atoms with Crippen LogP contribution in [0.4, 0.5) is 34.1 Å². The maximum Gasteiger partial charge on any atom is 0.159 e. The van der Waals surface area contributed by atoms with Gasteiger partial charge >= 0.3 is 0 Å². The second-order valence-corrected chi connectivity index (χ2v) is 18.0. The molecule has 0 fully saturated rings. The van der Waals surface area contributed by atoms with Crippen LogP contribution in [0.25, 0.3) is 77.5 Å².